The van der Waals surface area contributed by atoms with E-state index in [2.05, 4.69) is 16.0 Å². The van der Waals surface area contributed by atoms with Gasteiger partial charge in [0.2, 0.25) is 5.91 Å². The van der Waals surface area contributed by atoms with Gasteiger partial charge in [0.25, 0.3) is 11.8 Å². The zero-order valence-corrected chi connectivity index (χ0v) is 27.5. The van der Waals surface area contributed by atoms with Crippen molar-refractivity contribution in [3.8, 4) is 5.75 Å². The number of carboxylic acid groups (broad SMARTS) is 1. The van der Waals surface area contributed by atoms with Crippen LogP contribution in [-0.4, -0.2) is 35.9 Å². The topological polar surface area (TPSA) is 134 Å². The Morgan fingerprint density at radius 2 is 1.41 bits per heavy atom. The van der Waals surface area contributed by atoms with E-state index in [1.165, 1.54) is 31.0 Å². The Kier molecular flexibility index (Phi) is 11.3. The zero-order valence-electron chi connectivity index (χ0n) is 26.7. The average molecular weight is 672 g/mol. The summed E-state index contributed by atoms with van der Waals surface area (Å²) >= 11 is 1.31. The van der Waals surface area contributed by atoms with Crippen molar-refractivity contribution in [2.45, 2.75) is 17.1 Å². The number of carbonyl (C=O) groups is 4. The number of ether oxygens (including phenoxy) is 1. The lowest BCUT2D eigenvalue weighted by molar-refractivity contribution is -0.116. The lowest BCUT2D eigenvalue weighted by atomic mass is 10.1. The van der Waals surface area contributed by atoms with Gasteiger partial charge in [-0.15, -0.1) is 11.8 Å². The largest absolute Gasteiger partial charge is 0.496 e. The summed E-state index contributed by atoms with van der Waals surface area (Å²) in [6, 6.07) is 36.6. The Morgan fingerprint density at radius 1 is 0.755 bits per heavy atom. The summed E-state index contributed by atoms with van der Waals surface area (Å²) in [5.41, 5.74) is 3.46. The van der Waals surface area contributed by atoms with Crippen LogP contribution in [0.4, 0.5) is 11.4 Å². The van der Waals surface area contributed by atoms with E-state index in [-0.39, 0.29) is 17.2 Å². The van der Waals surface area contributed by atoms with Gasteiger partial charge in [-0.2, -0.15) is 0 Å². The number of para-hydroxylation sites is 1. The second-order valence-corrected chi connectivity index (χ2v) is 12.0. The summed E-state index contributed by atoms with van der Waals surface area (Å²) in [5, 5.41) is 17.2. The molecule has 0 aliphatic carbocycles. The van der Waals surface area contributed by atoms with Gasteiger partial charge in [-0.1, -0.05) is 72.8 Å². The second kappa shape index (κ2) is 16.1. The molecule has 0 saturated heterocycles. The normalized spacial score (nSPS) is 11.6. The van der Waals surface area contributed by atoms with E-state index in [1.54, 1.807) is 91.9 Å². The molecule has 0 spiro atoms. The van der Waals surface area contributed by atoms with E-state index in [4.69, 9.17) is 4.74 Å². The first kappa shape index (κ1) is 34.2. The number of carbonyl (C=O) groups excluding carboxylic acids is 3. The van der Waals surface area contributed by atoms with E-state index in [9.17, 15) is 24.3 Å². The Balaban J connectivity index is 1.35. The lowest BCUT2D eigenvalue weighted by Gasteiger charge is -2.18. The maximum absolute atomic E-state index is 13.6. The standard InChI is InChI=1S/C39H33N3O6S/c1-25-17-18-29(39(46)47)24-32(25)41-38(45)35(26-11-5-3-6-12-26)49-31-21-19-30(20-22-31)40-37(44)33(23-28-15-9-10-16-34(28)48-2)42-36(43)27-13-7-4-8-14-27/h3-24,35H,1-2H3,(H,40,44)(H,41,45)(H,42,43)(H,46,47)/b33-23-. The number of carboxylic acids is 1. The van der Waals surface area contributed by atoms with Gasteiger partial charge >= 0.3 is 5.97 Å². The number of aryl methyl sites for hydroxylation is 1. The number of thioether (sulfide) groups is 1. The predicted molar refractivity (Wildman–Crippen MR) is 192 cm³/mol. The Labute approximate surface area is 288 Å². The van der Waals surface area contributed by atoms with E-state index >= 15 is 0 Å². The molecule has 4 N–H and O–H groups in total. The quantitative estimate of drug-likeness (QED) is 0.0794. The van der Waals surface area contributed by atoms with Crippen LogP contribution in [0.15, 0.2) is 138 Å². The smallest absolute Gasteiger partial charge is 0.335 e. The zero-order chi connectivity index (χ0) is 34.8. The highest BCUT2D eigenvalue weighted by Crippen LogP contribution is 2.37. The fraction of sp³-hybridized carbons (Fsp3) is 0.0769. The minimum Gasteiger partial charge on any atom is -0.496 e. The van der Waals surface area contributed by atoms with Crippen molar-refractivity contribution < 1.29 is 29.0 Å². The molecule has 9 nitrogen and oxygen atoms in total. The number of methoxy groups -OCH3 is 1. The molecule has 0 aromatic heterocycles. The van der Waals surface area contributed by atoms with Crippen molar-refractivity contribution in [3.05, 3.63) is 161 Å². The highest BCUT2D eigenvalue weighted by molar-refractivity contribution is 8.00. The van der Waals surface area contributed by atoms with Gasteiger partial charge in [0.05, 0.1) is 12.7 Å². The maximum atomic E-state index is 13.6. The molecule has 0 bridgehead atoms. The maximum Gasteiger partial charge on any atom is 0.335 e. The van der Waals surface area contributed by atoms with Gasteiger partial charge in [0.1, 0.15) is 16.7 Å². The molecule has 0 aliphatic rings. The van der Waals surface area contributed by atoms with Crippen molar-refractivity contribution in [1.82, 2.24) is 5.32 Å². The van der Waals surface area contributed by atoms with E-state index in [0.29, 0.717) is 28.3 Å². The van der Waals surface area contributed by atoms with Crippen LogP contribution in [0.1, 0.15) is 42.7 Å². The molecular weight excluding hydrogens is 639 g/mol. The van der Waals surface area contributed by atoms with Gasteiger partial charge in [-0.25, -0.2) is 4.79 Å². The van der Waals surface area contributed by atoms with Crippen molar-refractivity contribution in [2.75, 3.05) is 17.7 Å². The molecule has 5 aromatic carbocycles. The summed E-state index contributed by atoms with van der Waals surface area (Å²) in [6.45, 7) is 1.79. The third-order valence-corrected chi connectivity index (χ3v) is 8.68. The molecule has 5 aromatic rings. The number of nitrogens with one attached hydrogen (secondary N) is 3. The highest BCUT2D eigenvalue weighted by atomic mass is 32.2. The van der Waals surface area contributed by atoms with Crippen LogP contribution < -0.4 is 20.7 Å². The van der Waals surface area contributed by atoms with Gasteiger partial charge in [0.15, 0.2) is 0 Å². The van der Waals surface area contributed by atoms with Crippen molar-refractivity contribution in [2.24, 2.45) is 0 Å². The van der Waals surface area contributed by atoms with Crippen molar-refractivity contribution in [1.29, 1.82) is 0 Å². The molecular formula is C39H33N3O6S. The third-order valence-electron chi connectivity index (χ3n) is 7.42. The van der Waals surface area contributed by atoms with Gasteiger partial charge in [-0.3, -0.25) is 14.4 Å². The molecule has 3 amide bonds. The summed E-state index contributed by atoms with van der Waals surface area (Å²) in [6.07, 6.45) is 1.55. The van der Waals surface area contributed by atoms with Crippen molar-refractivity contribution >= 4 is 52.9 Å². The third kappa shape index (κ3) is 9.03. The molecule has 5 rings (SSSR count). The van der Waals surface area contributed by atoms with Gasteiger partial charge in [0, 0.05) is 27.4 Å². The van der Waals surface area contributed by atoms with Crippen LogP contribution in [0.2, 0.25) is 0 Å². The molecule has 1 unspecified atom stereocenters. The average Bonchev–Trinajstić information content (AvgIpc) is 3.12. The van der Waals surface area contributed by atoms with E-state index < -0.39 is 23.0 Å². The number of benzene rings is 5. The summed E-state index contributed by atoms with van der Waals surface area (Å²) < 4.78 is 5.44. The molecule has 10 heteroatoms. The van der Waals surface area contributed by atoms with Crippen LogP contribution in [0.3, 0.4) is 0 Å². The minimum absolute atomic E-state index is 0.0138. The first-order valence-electron chi connectivity index (χ1n) is 15.2. The molecule has 0 radical (unpaired) electrons. The number of hydrogen-bond donors (Lipinski definition) is 4. The van der Waals surface area contributed by atoms with Crippen molar-refractivity contribution in [3.63, 3.8) is 0 Å². The minimum atomic E-state index is -1.09. The van der Waals surface area contributed by atoms with Gasteiger partial charge < -0.3 is 25.8 Å². The molecule has 1 atom stereocenters. The first-order valence-corrected chi connectivity index (χ1v) is 16.1. The Morgan fingerprint density at radius 3 is 2.08 bits per heavy atom. The Bertz CT molecular complexity index is 2000. The molecule has 246 valence electrons. The summed E-state index contributed by atoms with van der Waals surface area (Å²) in [7, 11) is 1.53. The van der Waals surface area contributed by atoms with Crippen LogP contribution >= 0.6 is 11.8 Å². The molecule has 0 fully saturated rings. The first-order chi connectivity index (χ1) is 23.7. The van der Waals surface area contributed by atoms with Crippen LogP contribution in [0.25, 0.3) is 6.08 Å². The molecule has 49 heavy (non-hydrogen) atoms. The second-order valence-electron chi connectivity index (χ2n) is 10.8. The van der Waals surface area contributed by atoms with Crippen LogP contribution in [0.5, 0.6) is 5.75 Å². The number of amides is 3. The van der Waals surface area contributed by atoms with E-state index in [0.717, 1.165) is 16.0 Å². The number of aromatic carboxylic acids is 1. The fourth-order valence-corrected chi connectivity index (χ4v) is 5.85. The van der Waals surface area contributed by atoms with Gasteiger partial charge in [-0.05, 0) is 78.7 Å². The molecule has 0 saturated carbocycles. The molecule has 0 aliphatic heterocycles. The number of hydrogen-bond acceptors (Lipinski definition) is 6. The van der Waals surface area contributed by atoms with E-state index in [1.807, 2.05) is 36.4 Å². The van der Waals surface area contributed by atoms with Crippen LogP contribution in [-0.2, 0) is 9.59 Å². The summed E-state index contributed by atoms with van der Waals surface area (Å²) in [4.78, 5) is 52.5. The summed E-state index contributed by atoms with van der Waals surface area (Å²) in [5.74, 6) is -1.86. The van der Waals surface area contributed by atoms with Crippen LogP contribution in [0, 0.1) is 6.92 Å². The number of anilines is 2. The Hall–Kier alpha value is -6.13. The lowest BCUT2D eigenvalue weighted by Crippen LogP contribution is -2.30. The SMILES string of the molecule is COc1ccccc1/C=C(\NC(=O)c1ccccc1)C(=O)Nc1ccc(SC(C(=O)Nc2cc(C(=O)O)ccc2C)c2ccccc2)cc1. The predicted octanol–water partition coefficient (Wildman–Crippen LogP) is 7.58. The molecule has 0 heterocycles. The fourth-order valence-electron chi connectivity index (χ4n) is 4.82. The monoisotopic (exact) mass is 671 g/mol. The highest BCUT2D eigenvalue weighted by Gasteiger charge is 2.23. The number of rotatable bonds is 12.